The third-order valence-electron chi connectivity index (χ3n) is 6.32. The van der Waals surface area contributed by atoms with Crippen LogP contribution in [0.15, 0.2) is 48.5 Å². The number of carbonyl (C=O) groups excluding carboxylic acids is 3. The Balaban J connectivity index is 1.24. The van der Waals surface area contributed by atoms with Gasteiger partial charge in [0.1, 0.15) is 12.6 Å². The van der Waals surface area contributed by atoms with Crippen molar-refractivity contribution in [3.8, 4) is 11.1 Å². The predicted molar refractivity (Wildman–Crippen MR) is 121 cm³/mol. The first-order valence-electron chi connectivity index (χ1n) is 11.1. The minimum Gasteiger partial charge on any atom is -0.480 e. The highest BCUT2D eigenvalue weighted by atomic mass is 16.5. The molecule has 178 valence electrons. The number of hydrogen-bond donors (Lipinski definition) is 3. The fourth-order valence-electron chi connectivity index (χ4n) is 4.39. The van der Waals surface area contributed by atoms with Crippen molar-refractivity contribution in [1.29, 1.82) is 0 Å². The number of esters is 1. The van der Waals surface area contributed by atoms with Crippen LogP contribution < -0.4 is 10.6 Å². The number of aliphatic carboxylic acids is 1. The second-order valence-electron chi connectivity index (χ2n) is 8.49. The summed E-state index contributed by atoms with van der Waals surface area (Å²) in [6.07, 6.45) is -0.505. The molecule has 0 radical (unpaired) electrons. The molecule has 3 atom stereocenters. The number of ether oxygens (including phenoxy) is 2. The van der Waals surface area contributed by atoms with E-state index in [1.165, 1.54) is 0 Å². The van der Waals surface area contributed by atoms with E-state index in [4.69, 9.17) is 4.74 Å². The number of rotatable bonds is 9. The van der Waals surface area contributed by atoms with Crippen LogP contribution in [0, 0.1) is 11.8 Å². The highest BCUT2D eigenvalue weighted by molar-refractivity contribution is 5.89. The molecule has 2 amide bonds. The Morgan fingerprint density at radius 2 is 1.65 bits per heavy atom. The van der Waals surface area contributed by atoms with Gasteiger partial charge in [0, 0.05) is 18.4 Å². The minimum atomic E-state index is -1.35. The van der Waals surface area contributed by atoms with Gasteiger partial charge in [-0.25, -0.2) is 9.59 Å². The molecule has 0 spiro atoms. The maximum atomic E-state index is 12.3. The number of nitrogens with one attached hydrogen (secondary N) is 2. The lowest BCUT2D eigenvalue weighted by Crippen LogP contribution is -2.43. The molecule has 34 heavy (non-hydrogen) atoms. The van der Waals surface area contributed by atoms with Crippen molar-refractivity contribution >= 4 is 23.9 Å². The maximum absolute atomic E-state index is 12.3. The molecule has 2 aliphatic rings. The zero-order valence-corrected chi connectivity index (χ0v) is 18.7. The first-order valence-corrected chi connectivity index (χ1v) is 11.1. The van der Waals surface area contributed by atoms with E-state index in [-0.39, 0.29) is 25.0 Å². The van der Waals surface area contributed by atoms with Gasteiger partial charge in [-0.15, -0.1) is 0 Å². The van der Waals surface area contributed by atoms with E-state index in [9.17, 15) is 24.3 Å². The van der Waals surface area contributed by atoms with E-state index in [1.54, 1.807) is 0 Å². The molecule has 0 bridgehead atoms. The minimum absolute atomic E-state index is 0.0413. The van der Waals surface area contributed by atoms with Crippen LogP contribution in [-0.4, -0.2) is 55.3 Å². The van der Waals surface area contributed by atoms with E-state index in [0.29, 0.717) is 6.42 Å². The molecule has 0 unspecified atom stereocenters. The predicted octanol–water partition coefficient (Wildman–Crippen LogP) is 2.29. The fraction of sp³-hybridized carbons (Fsp3) is 0.360. The van der Waals surface area contributed by atoms with Gasteiger partial charge in [-0.1, -0.05) is 48.5 Å². The standard InChI is InChI=1S/C25H26N2O7/c1-33-22(28)11-21(24(30)31)27-23(29)19-10-14(19)12-26-25(32)34-13-20-17-8-4-2-6-15(17)16-7-3-5-9-18(16)20/h2-9,14,19-21H,10-13H2,1H3,(H,26,32)(H,27,29)(H,30,31)/t14-,19-,21-/m0/s1. The van der Waals surface area contributed by atoms with Crippen LogP contribution in [0.4, 0.5) is 4.79 Å². The smallest absolute Gasteiger partial charge is 0.407 e. The molecule has 2 aromatic rings. The number of carboxylic acid groups (broad SMARTS) is 1. The molecule has 4 rings (SSSR count). The molecule has 9 heteroatoms. The van der Waals surface area contributed by atoms with Gasteiger partial charge in [-0.2, -0.15) is 0 Å². The van der Waals surface area contributed by atoms with Crippen LogP contribution in [0.2, 0.25) is 0 Å². The number of carboxylic acids is 1. The van der Waals surface area contributed by atoms with Crippen LogP contribution >= 0.6 is 0 Å². The molecule has 0 aromatic heterocycles. The summed E-state index contributed by atoms with van der Waals surface area (Å²) in [6.45, 7) is 0.436. The van der Waals surface area contributed by atoms with Gasteiger partial charge >= 0.3 is 18.0 Å². The largest absolute Gasteiger partial charge is 0.480 e. The number of carbonyl (C=O) groups is 4. The Hall–Kier alpha value is -3.88. The summed E-state index contributed by atoms with van der Waals surface area (Å²) >= 11 is 0. The molecule has 1 fully saturated rings. The second-order valence-corrected chi connectivity index (χ2v) is 8.49. The van der Waals surface area contributed by atoms with Gasteiger partial charge < -0.3 is 25.2 Å². The second kappa shape index (κ2) is 9.94. The summed E-state index contributed by atoms with van der Waals surface area (Å²) < 4.78 is 9.94. The van der Waals surface area contributed by atoms with Gasteiger partial charge in [0.25, 0.3) is 0 Å². The first-order chi connectivity index (χ1) is 16.4. The summed E-state index contributed by atoms with van der Waals surface area (Å²) in [7, 11) is 1.15. The lowest BCUT2D eigenvalue weighted by Gasteiger charge is -2.15. The quantitative estimate of drug-likeness (QED) is 0.483. The summed E-state index contributed by atoms with van der Waals surface area (Å²) in [5, 5.41) is 14.2. The van der Waals surface area contributed by atoms with Gasteiger partial charge in [0.15, 0.2) is 0 Å². The van der Waals surface area contributed by atoms with Gasteiger partial charge in [0.2, 0.25) is 5.91 Å². The van der Waals surface area contributed by atoms with Crippen LogP contribution in [0.5, 0.6) is 0 Å². The van der Waals surface area contributed by atoms with Crippen molar-refractivity contribution in [2.45, 2.75) is 24.8 Å². The molecule has 9 nitrogen and oxygen atoms in total. The van der Waals surface area contributed by atoms with Crippen LogP contribution in [-0.2, 0) is 23.9 Å². The van der Waals surface area contributed by atoms with Crippen molar-refractivity contribution in [3.05, 3.63) is 59.7 Å². The summed E-state index contributed by atoms with van der Waals surface area (Å²) in [5.41, 5.74) is 4.53. The Kier molecular flexibility index (Phi) is 6.81. The highest BCUT2D eigenvalue weighted by Gasteiger charge is 2.44. The molecule has 2 aromatic carbocycles. The topological polar surface area (TPSA) is 131 Å². The van der Waals surface area contributed by atoms with Crippen molar-refractivity contribution in [2.75, 3.05) is 20.3 Å². The normalized spacial score (nSPS) is 18.7. The number of fused-ring (bicyclic) bond motifs is 3. The van der Waals surface area contributed by atoms with Crippen LogP contribution in [0.3, 0.4) is 0 Å². The van der Waals surface area contributed by atoms with Crippen LogP contribution in [0.25, 0.3) is 11.1 Å². The Morgan fingerprint density at radius 3 is 2.24 bits per heavy atom. The third-order valence-corrected chi connectivity index (χ3v) is 6.32. The zero-order chi connectivity index (χ0) is 24.2. The molecule has 2 aliphatic carbocycles. The monoisotopic (exact) mass is 466 g/mol. The summed E-state index contributed by atoms with van der Waals surface area (Å²) in [4.78, 5) is 47.2. The number of methoxy groups -OCH3 is 1. The number of hydrogen-bond acceptors (Lipinski definition) is 6. The summed E-state index contributed by atoms with van der Waals surface area (Å²) in [6, 6.07) is 14.8. The molecular formula is C25H26N2O7. The molecule has 3 N–H and O–H groups in total. The van der Waals surface area contributed by atoms with E-state index >= 15 is 0 Å². The average Bonchev–Trinajstić information content (AvgIpc) is 3.56. The van der Waals surface area contributed by atoms with E-state index in [0.717, 1.165) is 29.4 Å². The SMILES string of the molecule is COC(=O)C[C@H](NC(=O)[C@H]1C[C@H]1CNC(=O)OCC1c2ccccc2-c2ccccc21)C(=O)O. The molecule has 0 saturated heterocycles. The van der Waals surface area contributed by atoms with Crippen molar-refractivity contribution in [3.63, 3.8) is 0 Å². The highest BCUT2D eigenvalue weighted by Crippen LogP contribution is 2.44. The first kappa shape index (κ1) is 23.3. The van der Waals surface area contributed by atoms with E-state index < -0.39 is 42.3 Å². The Labute approximate surface area is 196 Å². The Morgan fingerprint density at radius 1 is 1.03 bits per heavy atom. The van der Waals surface area contributed by atoms with Gasteiger partial charge in [0.05, 0.1) is 13.5 Å². The van der Waals surface area contributed by atoms with Crippen molar-refractivity contribution in [2.24, 2.45) is 11.8 Å². The molecule has 0 aliphatic heterocycles. The lowest BCUT2D eigenvalue weighted by atomic mass is 9.98. The Bertz CT molecular complexity index is 1070. The van der Waals surface area contributed by atoms with Gasteiger partial charge in [-0.05, 0) is 34.6 Å². The van der Waals surface area contributed by atoms with Crippen molar-refractivity contribution in [1.82, 2.24) is 10.6 Å². The molecule has 0 heterocycles. The number of amides is 2. The third kappa shape index (κ3) is 5.03. The molecular weight excluding hydrogens is 440 g/mol. The summed E-state index contributed by atoms with van der Waals surface area (Å²) in [5.74, 6) is -3.08. The van der Waals surface area contributed by atoms with Gasteiger partial charge in [-0.3, -0.25) is 9.59 Å². The average molecular weight is 466 g/mol. The number of benzene rings is 2. The maximum Gasteiger partial charge on any atom is 0.407 e. The fourth-order valence-corrected chi connectivity index (χ4v) is 4.39. The zero-order valence-electron chi connectivity index (χ0n) is 18.7. The molecule has 1 saturated carbocycles. The lowest BCUT2D eigenvalue weighted by molar-refractivity contribution is -0.148. The van der Waals surface area contributed by atoms with Crippen molar-refractivity contribution < 1.29 is 33.8 Å². The van der Waals surface area contributed by atoms with E-state index in [2.05, 4.69) is 27.5 Å². The van der Waals surface area contributed by atoms with Crippen LogP contribution in [0.1, 0.15) is 29.9 Å². The number of alkyl carbamates (subject to hydrolysis) is 1. The van der Waals surface area contributed by atoms with E-state index in [1.807, 2.05) is 36.4 Å².